The molecule has 0 amide bonds. The molecule has 0 bridgehead atoms. The zero-order chi connectivity index (χ0) is 13.3. The van der Waals surface area contributed by atoms with Crippen molar-refractivity contribution in [3.05, 3.63) is 31.6 Å². The van der Waals surface area contributed by atoms with Gasteiger partial charge in [0.15, 0.2) is 0 Å². The highest BCUT2D eigenvalue weighted by molar-refractivity contribution is 7.99. The van der Waals surface area contributed by atoms with Gasteiger partial charge >= 0.3 is 5.69 Å². The number of H-pyrrole nitrogens is 1. The number of rotatable bonds is 2. The Labute approximate surface area is 115 Å². The van der Waals surface area contributed by atoms with Crippen LogP contribution < -0.4 is 11.2 Å². The number of hydrogen-bond acceptors (Lipinski definition) is 3. The van der Waals surface area contributed by atoms with Gasteiger partial charge in [0.25, 0.3) is 5.56 Å². The summed E-state index contributed by atoms with van der Waals surface area (Å²) >= 11 is 7.62. The van der Waals surface area contributed by atoms with Crippen molar-refractivity contribution in [3.63, 3.8) is 0 Å². The summed E-state index contributed by atoms with van der Waals surface area (Å²) in [4.78, 5) is 26.6. The fourth-order valence-electron chi connectivity index (χ4n) is 2.52. The van der Waals surface area contributed by atoms with Gasteiger partial charge in [-0.2, -0.15) is 11.8 Å². The van der Waals surface area contributed by atoms with Crippen LogP contribution in [0.3, 0.4) is 0 Å². The third-order valence-electron chi connectivity index (χ3n) is 3.60. The Morgan fingerprint density at radius 2 is 2.11 bits per heavy atom. The summed E-state index contributed by atoms with van der Waals surface area (Å²) in [6.07, 6.45) is 6.07. The standard InChI is InChI=1S/C12H17ClN2O2S/c1-7-10(13)14-12(17)15(11(7)16)8-4-3-5-9(6-8)18-2/h8-9H,3-6H2,1-2H3,(H,14,17). The van der Waals surface area contributed by atoms with Crippen LogP contribution in [0.1, 0.15) is 37.3 Å². The molecule has 18 heavy (non-hydrogen) atoms. The van der Waals surface area contributed by atoms with E-state index >= 15 is 0 Å². The van der Waals surface area contributed by atoms with E-state index in [-0.39, 0.29) is 22.4 Å². The highest BCUT2D eigenvalue weighted by Gasteiger charge is 2.25. The second kappa shape index (κ2) is 5.53. The monoisotopic (exact) mass is 288 g/mol. The summed E-state index contributed by atoms with van der Waals surface area (Å²) in [5.74, 6) is 0. The van der Waals surface area contributed by atoms with Crippen molar-refractivity contribution in [1.82, 2.24) is 9.55 Å². The maximum absolute atomic E-state index is 12.2. The fraction of sp³-hybridized carbons (Fsp3) is 0.667. The lowest BCUT2D eigenvalue weighted by molar-refractivity contribution is 0.342. The molecule has 1 heterocycles. The van der Waals surface area contributed by atoms with Crippen molar-refractivity contribution in [1.29, 1.82) is 0 Å². The van der Waals surface area contributed by atoms with Gasteiger partial charge < -0.3 is 0 Å². The quantitative estimate of drug-likeness (QED) is 0.850. The van der Waals surface area contributed by atoms with Gasteiger partial charge in [0, 0.05) is 16.9 Å². The van der Waals surface area contributed by atoms with Gasteiger partial charge in [-0.25, -0.2) is 4.79 Å². The van der Waals surface area contributed by atoms with Crippen LogP contribution in [0.2, 0.25) is 5.15 Å². The molecule has 1 fully saturated rings. The molecule has 6 heteroatoms. The zero-order valence-electron chi connectivity index (χ0n) is 10.5. The number of aromatic amines is 1. The van der Waals surface area contributed by atoms with E-state index in [0.717, 1.165) is 25.7 Å². The molecule has 0 radical (unpaired) electrons. The smallest absolute Gasteiger partial charge is 0.297 e. The summed E-state index contributed by atoms with van der Waals surface area (Å²) < 4.78 is 1.35. The number of nitrogens with one attached hydrogen (secondary N) is 1. The van der Waals surface area contributed by atoms with Gasteiger partial charge in [0.05, 0.1) is 0 Å². The van der Waals surface area contributed by atoms with E-state index < -0.39 is 0 Å². The summed E-state index contributed by atoms with van der Waals surface area (Å²) in [6, 6.07) is 0.00316. The fourth-order valence-corrected chi connectivity index (χ4v) is 3.49. The van der Waals surface area contributed by atoms with E-state index in [4.69, 9.17) is 11.6 Å². The summed E-state index contributed by atoms with van der Waals surface area (Å²) in [5, 5.41) is 0.685. The van der Waals surface area contributed by atoms with Crippen LogP contribution in [0.15, 0.2) is 9.59 Å². The van der Waals surface area contributed by atoms with E-state index in [1.807, 2.05) is 11.8 Å². The molecule has 1 aromatic rings. The highest BCUT2D eigenvalue weighted by atomic mass is 35.5. The molecule has 2 rings (SSSR count). The predicted octanol–water partition coefficient (Wildman–Crippen LogP) is 2.35. The Morgan fingerprint density at radius 3 is 2.78 bits per heavy atom. The Balaban J connectivity index is 2.42. The Hall–Kier alpha value is -0.680. The number of thioether (sulfide) groups is 1. The normalized spacial score (nSPS) is 24.2. The Kier molecular flexibility index (Phi) is 4.22. The van der Waals surface area contributed by atoms with Gasteiger partial charge in [-0.1, -0.05) is 18.0 Å². The van der Waals surface area contributed by atoms with E-state index in [1.165, 1.54) is 4.57 Å². The Bertz CT molecular complexity index is 552. The molecule has 2 unspecified atom stereocenters. The molecule has 1 aliphatic rings. The van der Waals surface area contributed by atoms with Gasteiger partial charge in [-0.05, 0) is 32.4 Å². The van der Waals surface area contributed by atoms with E-state index in [1.54, 1.807) is 6.92 Å². The second-order valence-electron chi connectivity index (χ2n) is 4.72. The molecule has 0 aliphatic heterocycles. The van der Waals surface area contributed by atoms with Crippen LogP contribution in [-0.2, 0) is 0 Å². The summed E-state index contributed by atoms with van der Waals surface area (Å²) in [7, 11) is 0. The molecule has 2 atom stereocenters. The van der Waals surface area contributed by atoms with Crippen molar-refractivity contribution in [2.24, 2.45) is 0 Å². The number of halogens is 1. The lowest BCUT2D eigenvalue weighted by atomic mass is 9.94. The zero-order valence-corrected chi connectivity index (χ0v) is 12.1. The van der Waals surface area contributed by atoms with Crippen molar-refractivity contribution in [2.45, 2.75) is 43.9 Å². The SMILES string of the molecule is CSC1CCCC(n2c(=O)[nH]c(Cl)c(C)c2=O)C1. The summed E-state index contributed by atoms with van der Waals surface area (Å²) in [5.41, 5.74) is -0.222. The minimum atomic E-state index is -0.387. The van der Waals surface area contributed by atoms with Crippen LogP contribution in [0, 0.1) is 6.92 Å². The van der Waals surface area contributed by atoms with Crippen molar-refractivity contribution in [2.75, 3.05) is 6.26 Å². The maximum atomic E-state index is 12.2. The van der Waals surface area contributed by atoms with Gasteiger partial charge in [0.2, 0.25) is 0 Å². The third kappa shape index (κ3) is 2.52. The topological polar surface area (TPSA) is 54.9 Å². The average Bonchev–Trinajstić information content (AvgIpc) is 2.36. The highest BCUT2D eigenvalue weighted by Crippen LogP contribution is 2.32. The van der Waals surface area contributed by atoms with Crippen LogP contribution in [0.25, 0.3) is 0 Å². The van der Waals surface area contributed by atoms with E-state index in [9.17, 15) is 9.59 Å². The molecule has 1 N–H and O–H groups in total. The van der Waals surface area contributed by atoms with Gasteiger partial charge in [0.1, 0.15) is 5.15 Å². The Morgan fingerprint density at radius 1 is 1.39 bits per heavy atom. The molecule has 0 aromatic carbocycles. The molecule has 1 aliphatic carbocycles. The van der Waals surface area contributed by atoms with Gasteiger partial charge in [-0.15, -0.1) is 0 Å². The molecule has 4 nitrogen and oxygen atoms in total. The van der Waals surface area contributed by atoms with Crippen molar-refractivity contribution in [3.8, 4) is 0 Å². The molecule has 100 valence electrons. The van der Waals surface area contributed by atoms with Crippen LogP contribution in [0.4, 0.5) is 0 Å². The largest absolute Gasteiger partial charge is 0.329 e. The van der Waals surface area contributed by atoms with Crippen molar-refractivity contribution >= 4 is 23.4 Å². The summed E-state index contributed by atoms with van der Waals surface area (Å²) in [6.45, 7) is 1.64. The van der Waals surface area contributed by atoms with E-state index in [0.29, 0.717) is 10.8 Å². The number of aromatic nitrogens is 2. The minimum absolute atomic E-state index is 0.00316. The molecule has 1 aromatic heterocycles. The van der Waals surface area contributed by atoms with Crippen LogP contribution in [-0.4, -0.2) is 21.1 Å². The molecular formula is C12H17ClN2O2S. The number of nitrogens with zero attached hydrogens (tertiary/aromatic N) is 1. The van der Waals surface area contributed by atoms with Gasteiger partial charge in [-0.3, -0.25) is 14.3 Å². The lowest BCUT2D eigenvalue weighted by Crippen LogP contribution is -2.41. The predicted molar refractivity (Wildman–Crippen MR) is 75.9 cm³/mol. The third-order valence-corrected chi connectivity index (χ3v) is 5.07. The second-order valence-corrected chi connectivity index (χ2v) is 6.24. The first-order chi connectivity index (χ1) is 8.54. The van der Waals surface area contributed by atoms with Crippen LogP contribution >= 0.6 is 23.4 Å². The lowest BCUT2D eigenvalue weighted by Gasteiger charge is -2.28. The maximum Gasteiger partial charge on any atom is 0.329 e. The molecule has 1 saturated carbocycles. The first-order valence-corrected chi connectivity index (χ1v) is 7.75. The minimum Gasteiger partial charge on any atom is -0.297 e. The average molecular weight is 289 g/mol. The molecule has 0 saturated heterocycles. The van der Waals surface area contributed by atoms with Crippen LogP contribution in [0.5, 0.6) is 0 Å². The molecule has 0 spiro atoms. The first-order valence-electron chi connectivity index (χ1n) is 6.08. The van der Waals surface area contributed by atoms with Crippen molar-refractivity contribution < 1.29 is 0 Å². The molecular weight excluding hydrogens is 272 g/mol. The first kappa shape index (κ1) is 13.7. The van der Waals surface area contributed by atoms with E-state index in [2.05, 4.69) is 11.2 Å². The number of hydrogen-bond donors (Lipinski definition) is 1.